The second kappa shape index (κ2) is 10.5. The van der Waals surface area contributed by atoms with Crippen LogP contribution >= 0.6 is 11.6 Å². The van der Waals surface area contributed by atoms with Gasteiger partial charge in [-0.2, -0.15) is 5.26 Å². The van der Waals surface area contributed by atoms with Gasteiger partial charge in [-0.15, -0.1) is 0 Å². The van der Waals surface area contributed by atoms with E-state index < -0.39 is 6.04 Å². The van der Waals surface area contributed by atoms with Gasteiger partial charge in [-0.05, 0) is 65.8 Å². The van der Waals surface area contributed by atoms with E-state index in [0.717, 1.165) is 41.5 Å². The molecule has 2 aromatic heterocycles. The molecule has 0 radical (unpaired) electrons. The van der Waals surface area contributed by atoms with Gasteiger partial charge in [-0.1, -0.05) is 44.5 Å². The van der Waals surface area contributed by atoms with Gasteiger partial charge in [-0.3, -0.25) is 9.78 Å². The van der Waals surface area contributed by atoms with Gasteiger partial charge in [0.25, 0.3) is 5.56 Å². The summed E-state index contributed by atoms with van der Waals surface area (Å²) in [5.41, 5.74) is 10.5. The number of nitriles is 1. The lowest BCUT2D eigenvalue weighted by Gasteiger charge is -2.65. The number of hydrazine groups is 1. The normalized spacial score (nSPS) is 20.2. The smallest absolute Gasteiger partial charge is 0.258 e. The van der Waals surface area contributed by atoms with Gasteiger partial charge in [-0.25, -0.2) is 5.84 Å². The fourth-order valence-corrected chi connectivity index (χ4v) is 6.52. The molecule has 0 unspecified atom stereocenters. The summed E-state index contributed by atoms with van der Waals surface area (Å²) in [6.07, 6.45) is 8.36. The second-order valence-corrected chi connectivity index (χ2v) is 13.7. The van der Waals surface area contributed by atoms with Crippen LogP contribution in [0.1, 0.15) is 57.2 Å². The van der Waals surface area contributed by atoms with Gasteiger partial charge in [0, 0.05) is 48.6 Å². The van der Waals surface area contributed by atoms with Crippen LogP contribution in [0.4, 0.5) is 11.4 Å². The van der Waals surface area contributed by atoms with Crippen LogP contribution < -0.4 is 27.8 Å². The molecule has 2 heterocycles. The lowest BCUT2D eigenvalue weighted by Crippen LogP contribution is -2.68. The summed E-state index contributed by atoms with van der Waals surface area (Å²) in [5.74, 6) is 7.32. The predicted octanol–water partition coefficient (Wildman–Crippen LogP) is 5.75. The number of pyridine rings is 2. The van der Waals surface area contributed by atoms with E-state index in [0.29, 0.717) is 45.1 Å². The number of hydrogen-bond donors (Lipinski definition) is 4. The molecule has 3 aliphatic rings. The molecule has 1 atom stereocenters. The van der Waals surface area contributed by atoms with Crippen molar-refractivity contribution in [2.75, 3.05) is 17.2 Å². The highest BCUT2D eigenvalue weighted by Gasteiger charge is 2.59. The fraction of sp³-hybridized carbons (Fsp3) is 0.364. The van der Waals surface area contributed by atoms with E-state index in [2.05, 4.69) is 42.5 Å². The highest BCUT2D eigenvalue weighted by molar-refractivity contribution is 6.35. The summed E-state index contributed by atoms with van der Waals surface area (Å²) >= 11 is 6.81. The lowest BCUT2D eigenvalue weighted by molar-refractivity contribution is -0.124. The number of hydrogen-bond acceptors (Lipinski definition) is 8. The highest BCUT2D eigenvalue weighted by atomic mass is 35.5. The first kappa shape index (κ1) is 28.8. The Bertz CT molecular complexity index is 1870. The zero-order valence-corrected chi connectivity index (χ0v) is 25.7. The van der Waals surface area contributed by atoms with Crippen molar-refractivity contribution in [1.82, 2.24) is 14.6 Å². The molecule has 9 nitrogen and oxygen atoms in total. The van der Waals surface area contributed by atoms with Crippen LogP contribution in [-0.2, 0) is 7.05 Å². The average Bonchev–Trinajstić information content (AvgIpc) is 2.89. The van der Waals surface area contributed by atoms with E-state index >= 15 is 0 Å². The molecular formula is C33H37ClN8O. The van der Waals surface area contributed by atoms with Gasteiger partial charge >= 0.3 is 0 Å². The molecule has 0 saturated heterocycles. The molecule has 6 N–H and O–H groups in total. The quantitative estimate of drug-likeness (QED) is 0.149. The minimum absolute atomic E-state index is 0.0201. The third-order valence-electron chi connectivity index (χ3n) is 8.79. The SMILES string of the molecule is Cn1ccc2c([C@H](Nc3cc(Cl)c4ncc(C#N)c(NCC(C)(C)C)c4c3)/C(N)=C/N(N)C34CC(C3)C4)cccc2c1=O. The maximum atomic E-state index is 13.0. The van der Waals surface area contributed by atoms with Crippen molar-refractivity contribution in [3.05, 3.63) is 87.2 Å². The van der Waals surface area contributed by atoms with Gasteiger partial charge in [0.15, 0.2) is 0 Å². The number of rotatable bonds is 8. The minimum Gasteiger partial charge on any atom is -0.399 e. The molecule has 3 fully saturated rings. The van der Waals surface area contributed by atoms with Crippen molar-refractivity contribution in [1.29, 1.82) is 5.26 Å². The van der Waals surface area contributed by atoms with Gasteiger partial charge in [0.1, 0.15) is 6.07 Å². The summed E-state index contributed by atoms with van der Waals surface area (Å²) in [4.78, 5) is 17.5. The number of fused-ring (bicyclic) bond motifs is 2. The Morgan fingerprint density at radius 3 is 2.65 bits per heavy atom. The zero-order valence-electron chi connectivity index (χ0n) is 24.9. The maximum absolute atomic E-state index is 13.0. The number of halogens is 1. The first-order valence-electron chi connectivity index (χ1n) is 14.5. The molecule has 2 bridgehead atoms. The van der Waals surface area contributed by atoms with Crippen LogP contribution in [0.15, 0.2) is 65.5 Å². The highest BCUT2D eigenvalue weighted by Crippen LogP contribution is 2.59. The number of nitrogens with zero attached hydrogens (tertiary/aromatic N) is 4. The van der Waals surface area contributed by atoms with Crippen molar-refractivity contribution in [2.24, 2.45) is 30.0 Å². The Morgan fingerprint density at radius 1 is 1.26 bits per heavy atom. The molecule has 2 aromatic carbocycles. The average molecular weight is 597 g/mol. The molecule has 3 saturated carbocycles. The summed E-state index contributed by atoms with van der Waals surface area (Å²) < 4.78 is 1.56. The fourth-order valence-electron chi connectivity index (χ4n) is 6.25. The monoisotopic (exact) mass is 596 g/mol. The number of aromatic nitrogens is 2. The third kappa shape index (κ3) is 5.15. The predicted molar refractivity (Wildman–Crippen MR) is 173 cm³/mol. The first-order valence-corrected chi connectivity index (χ1v) is 14.9. The molecule has 0 spiro atoms. The first-order chi connectivity index (χ1) is 20.4. The number of anilines is 2. The second-order valence-electron chi connectivity index (χ2n) is 13.3. The lowest BCUT2D eigenvalue weighted by atomic mass is 9.49. The van der Waals surface area contributed by atoms with E-state index in [-0.39, 0.29) is 16.5 Å². The summed E-state index contributed by atoms with van der Waals surface area (Å²) in [7, 11) is 1.74. The van der Waals surface area contributed by atoms with E-state index in [9.17, 15) is 10.1 Å². The van der Waals surface area contributed by atoms with Gasteiger partial charge in [0.05, 0.1) is 39.1 Å². The van der Waals surface area contributed by atoms with Crippen LogP contribution in [0, 0.1) is 22.7 Å². The van der Waals surface area contributed by atoms with E-state index in [4.69, 9.17) is 23.2 Å². The van der Waals surface area contributed by atoms with Crippen LogP contribution in [0.3, 0.4) is 0 Å². The third-order valence-corrected chi connectivity index (χ3v) is 9.08. The van der Waals surface area contributed by atoms with Crippen molar-refractivity contribution in [2.45, 2.75) is 51.6 Å². The van der Waals surface area contributed by atoms with Crippen LogP contribution in [0.5, 0.6) is 0 Å². The van der Waals surface area contributed by atoms with Crippen molar-refractivity contribution >= 4 is 44.7 Å². The Labute approximate surface area is 256 Å². The molecule has 7 rings (SSSR count). The Morgan fingerprint density at radius 2 is 2.00 bits per heavy atom. The van der Waals surface area contributed by atoms with Crippen LogP contribution in [0.2, 0.25) is 5.02 Å². The largest absolute Gasteiger partial charge is 0.399 e. The van der Waals surface area contributed by atoms with E-state index in [1.54, 1.807) is 29.0 Å². The van der Waals surface area contributed by atoms with Gasteiger partial charge < -0.3 is 25.9 Å². The van der Waals surface area contributed by atoms with Gasteiger partial charge in [0.2, 0.25) is 0 Å². The molecule has 43 heavy (non-hydrogen) atoms. The Balaban J connectivity index is 1.47. The van der Waals surface area contributed by atoms with Crippen molar-refractivity contribution in [3.63, 3.8) is 0 Å². The molecule has 4 aromatic rings. The Kier molecular flexibility index (Phi) is 7.03. The molecule has 222 valence electrons. The maximum Gasteiger partial charge on any atom is 0.258 e. The van der Waals surface area contributed by atoms with E-state index in [1.807, 2.05) is 42.6 Å². The van der Waals surface area contributed by atoms with E-state index in [1.165, 1.54) is 0 Å². The Hall–Kier alpha value is -4.26. The van der Waals surface area contributed by atoms with Crippen molar-refractivity contribution in [3.8, 4) is 6.07 Å². The number of nitrogens with two attached hydrogens (primary N) is 2. The standard InChI is InChI=1S/C33H37ClN8O/c1-32(2,3)18-39-28-20(15-35)16-38-29-25(28)10-21(11-26(29)34)40-30(27(36)17-42(37)33-12-19(13-33)14-33)23-6-5-7-24-22(23)8-9-41(4)31(24)43/h5-11,16-17,19,30,40H,12-14,18,36-37H2,1-4H3,(H,38,39)/b27-17-/t19?,30-,33?/m0/s1. The molecule has 3 aliphatic carbocycles. The number of nitrogens with one attached hydrogen (secondary N) is 2. The molecule has 0 amide bonds. The zero-order chi connectivity index (χ0) is 30.7. The molecule has 0 aliphatic heterocycles. The van der Waals surface area contributed by atoms with Crippen LogP contribution in [-0.4, -0.2) is 26.6 Å². The van der Waals surface area contributed by atoms with Crippen molar-refractivity contribution < 1.29 is 0 Å². The number of benzene rings is 2. The topological polar surface area (TPSA) is 138 Å². The molecular weight excluding hydrogens is 560 g/mol. The summed E-state index contributed by atoms with van der Waals surface area (Å²) in [5, 5.41) is 21.3. The molecule has 10 heteroatoms. The minimum atomic E-state index is -0.541. The summed E-state index contributed by atoms with van der Waals surface area (Å²) in [6.45, 7) is 7.02. The van der Waals surface area contributed by atoms with Crippen LogP contribution in [0.25, 0.3) is 21.7 Å². The number of aryl methyl sites for hydroxylation is 1. The summed E-state index contributed by atoms with van der Waals surface area (Å²) in [6, 6.07) is 13.1.